The van der Waals surface area contributed by atoms with Gasteiger partial charge in [-0.3, -0.25) is 19.2 Å². The monoisotopic (exact) mass is 543 g/mol. The number of unbranched alkanes of at least 4 members (excludes halogenated alkanes) is 1. The van der Waals surface area contributed by atoms with E-state index >= 15 is 0 Å². The van der Waals surface area contributed by atoms with Crippen molar-refractivity contribution in [2.75, 3.05) is 12.3 Å². The molecule has 1 heterocycles. The molecule has 3 N–H and O–H groups in total. The van der Waals surface area contributed by atoms with Crippen LogP contribution < -0.4 is 16.0 Å². The maximum absolute atomic E-state index is 13.2. The standard InChI is InChI=1S/C26H45N3O5S2/c1-4-27-26(33)24(31)21(17-19-10-6-5-7-11-19)29-25(32)22(16-18(2)3)28-23(30)13-9-8-12-20-14-15-35-36(20)34/h18-22H,4-17H2,1-3H3,(H,27,33)(H,28,30)(H,29,32)/t20?,21-,22-,36?/m0/s1. The van der Waals surface area contributed by atoms with E-state index in [1.165, 1.54) is 17.2 Å². The molecule has 0 aromatic carbocycles. The summed E-state index contributed by atoms with van der Waals surface area (Å²) in [7, 11) is 0.701. The van der Waals surface area contributed by atoms with E-state index in [1.807, 2.05) is 13.8 Å². The molecule has 0 bridgehead atoms. The lowest BCUT2D eigenvalue weighted by Gasteiger charge is -2.28. The molecule has 0 aromatic heterocycles. The van der Waals surface area contributed by atoms with Crippen LogP contribution in [0.25, 0.3) is 0 Å². The van der Waals surface area contributed by atoms with E-state index in [9.17, 15) is 23.4 Å². The third-order valence-electron chi connectivity index (χ3n) is 6.94. The zero-order valence-electron chi connectivity index (χ0n) is 22.1. The normalized spacial score (nSPS) is 22.1. The van der Waals surface area contributed by atoms with Crippen LogP contribution in [0.4, 0.5) is 0 Å². The first-order valence-corrected chi connectivity index (χ1v) is 16.4. The minimum Gasteiger partial charge on any atom is -0.350 e. The fourth-order valence-electron chi connectivity index (χ4n) is 4.99. The Kier molecular flexibility index (Phi) is 14.1. The van der Waals surface area contributed by atoms with Gasteiger partial charge in [0.2, 0.25) is 17.6 Å². The van der Waals surface area contributed by atoms with Crippen molar-refractivity contribution in [3.8, 4) is 0 Å². The fourth-order valence-corrected chi connectivity index (χ4v) is 8.48. The minimum atomic E-state index is -0.885. The Balaban J connectivity index is 1.94. The van der Waals surface area contributed by atoms with E-state index in [4.69, 9.17) is 0 Å². The van der Waals surface area contributed by atoms with Crippen molar-refractivity contribution in [2.45, 2.75) is 115 Å². The molecular formula is C26H45N3O5S2. The topological polar surface area (TPSA) is 121 Å². The summed E-state index contributed by atoms with van der Waals surface area (Å²) in [5.74, 6) is -0.503. The quantitative estimate of drug-likeness (QED) is 0.165. The SMILES string of the molecule is CCNC(=O)C(=O)[C@H](CC1CCCCC1)NC(=O)[C@H](CC(C)C)NC(=O)CCCCC1CCSS1=O. The summed E-state index contributed by atoms with van der Waals surface area (Å²) in [6.45, 7) is 6.05. The van der Waals surface area contributed by atoms with Gasteiger partial charge in [0, 0.05) is 24.0 Å². The van der Waals surface area contributed by atoms with Crippen LogP contribution in [0.5, 0.6) is 0 Å². The van der Waals surface area contributed by atoms with Crippen LogP contribution in [0.2, 0.25) is 0 Å². The van der Waals surface area contributed by atoms with Crippen LogP contribution in [0.3, 0.4) is 0 Å². The van der Waals surface area contributed by atoms with E-state index in [0.29, 0.717) is 38.1 Å². The summed E-state index contributed by atoms with van der Waals surface area (Å²) in [6, 6.07) is -1.64. The zero-order valence-corrected chi connectivity index (χ0v) is 23.8. The van der Waals surface area contributed by atoms with Crippen molar-refractivity contribution < 1.29 is 23.4 Å². The predicted octanol–water partition coefficient (Wildman–Crippen LogP) is 3.41. The van der Waals surface area contributed by atoms with Crippen molar-refractivity contribution in [1.82, 2.24) is 16.0 Å². The van der Waals surface area contributed by atoms with Crippen LogP contribution in [0.15, 0.2) is 0 Å². The Bertz CT molecular complexity index is 771. The second-order valence-corrected chi connectivity index (χ2v) is 14.0. The highest BCUT2D eigenvalue weighted by molar-refractivity contribution is 8.69. The molecule has 2 unspecified atom stereocenters. The van der Waals surface area contributed by atoms with E-state index in [-0.39, 0.29) is 17.1 Å². The van der Waals surface area contributed by atoms with Crippen molar-refractivity contribution in [3.05, 3.63) is 0 Å². The Labute approximate surface area is 222 Å². The summed E-state index contributed by atoms with van der Waals surface area (Å²) in [6.07, 6.45) is 9.90. The lowest BCUT2D eigenvalue weighted by molar-refractivity contribution is -0.140. The molecule has 36 heavy (non-hydrogen) atoms. The van der Waals surface area contributed by atoms with Gasteiger partial charge in [0.1, 0.15) is 6.04 Å². The summed E-state index contributed by atoms with van der Waals surface area (Å²) in [5.41, 5.74) is 0. The molecule has 2 aliphatic rings. The van der Waals surface area contributed by atoms with Crippen molar-refractivity contribution >= 4 is 44.1 Å². The zero-order chi connectivity index (χ0) is 26.5. The van der Waals surface area contributed by atoms with Gasteiger partial charge >= 0.3 is 0 Å². The number of Topliss-reactive ketones (excluding diaryl/α,β-unsaturated/α-hetero) is 1. The molecule has 1 aliphatic carbocycles. The van der Waals surface area contributed by atoms with Gasteiger partial charge in [0.15, 0.2) is 0 Å². The number of ketones is 1. The first kappa shape index (κ1) is 30.8. The predicted molar refractivity (Wildman–Crippen MR) is 146 cm³/mol. The van der Waals surface area contributed by atoms with Gasteiger partial charge in [-0.15, -0.1) is 0 Å². The van der Waals surface area contributed by atoms with Crippen molar-refractivity contribution in [3.63, 3.8) is 0 Å². The van der Waals surface area contributed by atoms with Gasteiger partial charge in [0.05, 0.1) is 15.9 Å². The van der Waals surface area contributed by atoms with Gasteiger partial charge < -0.3 is 16.0 Å². The van der Waals surface area contributed by atoms with Crippen LogP contribution in [-0.2, 0) is 29.0 Å². The number of amides is 3. The van der Waals surface area contributed by atoms with Gasteiger partial charge in [-0.25, -0.2) is 4.21 Å². The maximum atomic E-state index is 13.2. The number of nitrogens with one attached hydrogen (secondary N) is 3. The Morgan fingerprint density at radius 2 is 1.69 bits per heavy atom. The number of rotatable bonds is 15. The Morgan fingerprint density at radius 3 is 2.31 bits per heavy atom. The molecule has 0 aromatic rings. The third-order valence-corrected chi connectivity index (χ3v) is 10.6. The number of carbonyl (C=O) groups is 4. The first-order chi connectivity index (χ1) is 17.2. The molecule has 1 saturated carbocycles. The molecule has 1 aliphatic heterocycles. The molecule has 3 amide bonds. The van der Waals surface area contributed by atoms with Crippen LogP contribution in [-0.4, -0.2) is 57.3 Å². The molecule has 8 nitrogen and oxygen atoms in total. The highest BCUT2D eigenvalue weighted by Gasteiger charge is 2.32. The number of hydrogen-bond acceptors (Lipinski definition) is 6. The average Bonchev–Trinajstić information content (AvgIpc) is 3.25. The molecule has 2 rings (SSSR count). The lowest BCUT2D eigenvalue weighted by Crippen LogP contribution is -2.54. The van der Waals surface area contributed by atoms with Gasteiger partial charge in [-0.05, 0) is 50.9 Å². The summed E-state index contributed by atoms with van der Waals surface area (Å²) in [5, 5.41) is 8.46. The van der Waals surface area contributed by atoms with Crippen LogP contribution in [0.1, 0.15) is 97.8 Å². The number of carbonyl (C=O) groups excluding carboxylic acids is 4. The summed E-state index contributed by atoms with van der Waals surface area (Å²) >= 11 is 0. The summed E-state index contributed by atoms with van der Waals surface area (Å²) < 4.78 is 11.9. The lowest BCUT2D eigenvalue weighted by atomic mass is 9.83. The number of hydrogen-bond donors (Lipinski definition) is 3. The van der Waals surface area contributed by atoms with Crippen molar-refractivity contribution in [2.24, 2.45) is 11.8 Å². The molecule has 4 atom stereocenters. The van der Waals surface area contributed by atoms with Gasteiger partial charge in [-0.2, -0.15) is 0 Å². The molecular weight excluding hydrogens is 498 g/mol. The molecule has 0 spiro atoms. The first-order valence-electron chi connectivity index (χ1n) is 13.7. The Hall–Kier alpha value is -1.42. The van der Waals surface area contributed by atoms with Crippen molar-refractivity contribution in [1.29, 1.82) is 0 Å². The fraction of sp³-hybridized carbons (Fsp3) is 0.846. The molecule has 1 saturated heterocycles. The van der Waals surface area contributed by atoms with Gasteiger partial charge in [-0.1, -0.05) is 63.2 Å². The smallest absolute Gasteiger partial charge is 0.289 e. The second kappa shape index (κ2) is 16.4. The highest BCUT2D eigenvalue weighted by atomic mass is 33.1. The summed E-state index contributed by atoms with van der Waals surface area (Å²) in [4.78, 5) is 51.1. The average molecular weight is 544 g/mol. The van der Waals surface area contributed by atoms with E-state index < -0.39 is 39.5 Å². The third kappa shape index (κ3) is 10.9. The van der Waals surface area contributed by atoms with Crippen LogP contribution >= 0.6 is 10.8 Å². The second-order valence-electron chi connectivity index (χ2n) is 10.5. The molecule has 206 valence electrons. The molecule has 0 radical (unpaired) electrons. The Morgan fingerprint density at radius 1 is 0.972 bits per heavy atom. The maximum Gasteiger partial charge on any atom is 0.289 e. The van der Waals surface area contributed by atoms with Gasteiger partial charge in [0.25, 0.3) is 5.91 Å². The molecule has 2 fully saturated rings. The largest absolute Gasteiger partial charge is 0.350 e. The van der Waals surface area contributed by atoms with E-state index in [0.717, 1.165) is 50.7 Å². The van der Waals surface area contributed by atoms with E-state index in [2.05, 4.69) is 16.0 Å². The highest BCUT2D eigenvalue weighted by Crippen LogP contribution is 2.30. The van der Waals surface area contributed by atoms with E-state index in [1.54, 1.807) is 6.92 Å². The van der Waals surface area contributed by atoms with Crippen LogP contribution in [0, 0.1) is 11.8 Å². The number of likely N-dealkylation sites (N-methyl/N-ethyl adjacent to an activating group) is 1. The molecule has 10 heteroatoms. The minimum absolute atomic E-state index is 0.159.